The molecule has 0 aliphatic carbocycles. The lowest BCUT2D eigenvalue weighted by Crippen LogP contribution is -2.37. The van der Waals surface area contributed by atoms with Crippen LogP contribution in [0.5, 0.6) is 11.5 Å². The molecule has 3 rings (SSSR count). The highest BCUT2D eigenvalue weighted by Gasteiger charge is 2.21. The van der Waals surface area contributed by atoms with Crippen molar-refractivity contribution in [3.05, 3.63) is 59.7 Å². The molecule has 0 spiro atoms. The average Bonchev–Trinajstić information content (AvgIpc) is 2.76. The average molecular weight is 397 g/mol. The predicted molar refractivity (Wildman–Crippen MR) is 117 cm³/mol. The van der Waals surface area contributed by atoms with Gasteiger partial charge in [0.15, 0.2) is 5.96 Å². The second-order valence-corrected chi connectivity index (χ2v) is 7.09. The molecule has 0 aromatic heterocycles. The number of fused-ring (bicyclic) bond motifs is 1. The minimum Gasteiger partial charge on any atom is -0.493 e. The molecule has 0 saturated carbocycles. The van der Waals surface area contributed by atoms with E-state index < -0.39 is 0 Å². The molecule has 0 bridgehead atoms. The molecule has 6 heteroatoms. The normalized spacial score (nSPS) is 16.2. The SMILES string of the molecule is CCN(CC)CCOc1ccc(CN=C(N)NC2CCOc3ccccc32)cc1. The summed E-state index contributed by atoms with van der Waals surface area (Å²) in [6, 6.07) is 16.2. The fourth-order valence-electron chi connectivity index (χ4n) is 3.42. The number of aliphatic imine (C=N–C) groups is 1. The third kappa shape index (κ3) is 6.12. The van der Waals surface area contributed by atoms with E-state index in [1.165, 1.54) is 0 Å². The van der Waals surface area contributed by atoms with Crippen LogP contribution in [0.3, 0.4) is 0 Å². The predicted octanol–water partition coefficient (Wildman–Crippen LogP) is 3.34. The third-order valence-corrected chi connectivity index (χ3v) is 5.21. The summed E-state index contributed by atoms with van der Waals surface area (Å²) < 4.78 is 11.5. The van der Waals surface area contributed by atoms with Gasteiger partial charge in [-0.05, 0) is 36.9 Å². The van der Waals surface area contributed by atoms with Crippen molar-refractivity contribution in [1.29, 1.82) is 0 Å². The summed E-state index contributed by atoms with van der Waals surface area (Å²) in [5.74, 6) is 2.25. The van der Waals surface area contributed by atoms with E-state index in [0.717, 1.165) is 48.7 Å². The van der Waals surface area contributed by atoms with Crippen LogP contribution in [0, 0.1) is 0 Å². The highest BCUT2D eigenvalue weighted by atomic mass is 16.5. The van der Waals surface area contributed by atoms with Crippen LogP contribution in [0.2, 0.25) is 0 Å². The van der Waals surface area contributed by atoms with Gasteiger partial charge in [0.2, 0.25) is 0 Å². The van der Waals surface area contributed by atoms with Gasteiger partial charge >= 0.3 is 0 Å². The van der Waals surface area contributed by atoms with Crippen molar-refractivity contribution in [2.75, 3.05) is 32.8 Å². The van der Waals surface area contributed by atoms with Crippen molar-refractivity contribution < 1.29 is 9.47 Å². The molecule has 29 heavy (non-hydrogen) atoms. The first-order valence-electron chi connectivity index (χ1n) is 10.4. The fourth-order valence-corrected chi connectivity index (χ4v) is 3.42. The van der Waals surface area contributed by atoms with Gasteiger partial charge in [-0.1, -0.05) is 44.2 Å². The van der Waals surface area contributed by atoms with Crippen molar-refractivity contribution in [2.45, 2.75) is 32.9 Å². The van der Waals surface area contributed by atoms with Crippen molar-refractivity contribution in [3.8, 4) is 11.5 Å². The summed E-state index contributed by atoms with van der Waals surface area (Å²) in [7, 11) is 0. The molecule has 0 radical (unpaired) electrons. The maximum Gasteiger partial charge on any atom is 0.189 e. The van der Waals surface area contributed by atoms with Crippen molar-refractivity contribution >= 4 is 5.96 Å². The van der Waals surface area contributed by atoms with Crippen LogP contribution in [0.15, 0.2) is 53.5 Å². The minimum atomic E-state index is 0.130. The molecular weight excluding hydrogens is 364 g/mol. The van der Waals surface area contributed by atoms with E-state index in [-0.39, 0.29) is 6.04 Å². The number of guanidine groups is 1. The van der Waals surface area contributed by atoms with Crippen LogP contribution in [-0.4, -0.2) is 43.7 Å². The van der Waals surface area contributed by atoms with Gasteiger partial charge in [-0.3, -0.25) is 0 Å². The Balaban J connectivity index is 1.48. The highest BCUT2D eigenvalue weighted by Crippen LogP contribution is 2.31. The lowest BCUT2D eigenvalue weighted by molar-refractivity contribution is 0.223. The standard InChI is InChI=1S/C23H32N4O2/c1-3-27(4-2)14-16-28-19-11-9-18(10-12-19)17-25-23(24)26-21-13-15-29-22-8-6-5-7-20(21)22/h5-12,21H,3-4,13-17H2,1-2H3,(H3,24,25,26). The Kier molecular flexibility index (Phi) is 7.76. The number of nitrogens with one attached hydrogen (secondary N) is 1. The van der Waals surface area contributed by atoms with E-state index >= 15 is 0 Å². The van der Waals surface area contributed by atoms with Gasteiger partial charge < -0.3 is 25.4 Å². The van der Waals surface area contributed by atoms with Crippen LogP contribution in [0.4, 0.5) is 0 Å². The molecule has 1 atom stereocenters. The molecule has 1 unspecified atom stereocenters. The lowest BCUT2D eigenvalue weighted by atomic mass is 10.0. The number of rotatable bonds is 9. The topological polar surface area (TPSA) is 72.1 Å². The summed E-state index contributed by atoms with van der Waals surface area (Å²) in [6.07, 6.45) is 0.868. The number of hydrogen-bond donors (Lipinski definition) is 2. The molecule has 156 valence electrons. The summed E-state index contributed by atoms with van der Waals surface area (Å²) in [5.41, 5.74) is 8.35. The van der Waals surface area contributed by atoms with Crippen molar-refractivity contribution in [1.82, 2.24) is 10.2 Å². The number of hydrogen-bond acceptors (Lipinski definition) is 4. The molecule has 2 aromatic carbocycles. The van der Waals surface area contributed by atoms with E-state index in [0.29, 0.717) is 25.7 Å². The first-order valence-corrected chi connectivity index (χ1v) is 10.4. The zero-order valence-electron chi connectivity index (χ0n) is 17.4. The molecule has 1 aliphatic rings. The van der Waals surface area contributed by atoms with Gasteiger partial charge in [-0.15, -0.1) is 0 Å². The van der Waals surface area contributed by atoms with E-state index in [1.807, 2.05) is 42.5 Å². The van der Waals surface area contributed by atoms with Gasteiger partial charge in [0.1, 0.15) is 18.1 Å². The number of nitrogens with two attached hydrogens (primary N) is 1. The van der Waals surface area contributed by atoms with E-state index in [4.69, 9.17) is 15.2 Å². The smallest absolute Gasteiger partial charge is 0.189 e. The zero-order chi connectivity index (χ0) is 20.5. The number of benzene rings is 2. The van der Waals surface area contributed by atoms with Gasteiger partial charge in [-0.25, -0.2) is 4.99 Å². The molecule has 0 saturated heterocycles. The van der Waals surface area contributed by atoms with Crippen molar-refractivity contribution in [2.24, 2.45) is 10.7 Å². The summed E-state index contributed by atoms with van der Waals surface area (Å²) in [4.78, 5) is 6.84. The van der Waals surface area contributed by atoms with Gasteiger partial charge in [0.05, 0.1) is 19.2 Å². The minimum absolute atomic E-state index is 0.130. The fraction of sp³-hybridized carbons (Fsp3) is 0.435. The van der Waals surface area contributed by atoms with Crippen LogP contribution < -0.4 is 20.5 Å². The van der Waals surface area contributed by atoms with E-state index in [9.17, 15) is 0 Å². The summed E-state index contributed by atoms with van der Waals surface area (Å²) >= 11 is 0. The lowest BCUT2D eigenvalue weighted by Gasteiger charge is -2.26. The monoisotopic (exact) mass is 396 g/mol. The molecule has 1 aliphatic heterocycles. The number of likely N-dealkylation sites (N-methyl/N-ethyl adjacent to an activating group) is 1. The second kappa shape index (κ2) is 10.7. The summed E-state index contributed by atoms with van der Waals surface area (Å²) in [5, 5.41) is 3.32. The molecule has 0 amide bonds. The Morgan fingerprint density at radius 3 is 2.69 bits per heavy atom. The first-order chi connectivity index (χ1) is 14.2. The first kappa shape index (κ1) is 21.0. The largest absolute Gasteiger partial charge is 0.493 e. The molecular formula is C23H32N4O2. The zero-order valence-corrected chi connectivity index (χ0v) is 17.4. The van der Waals surface area contributed by atoms with Gasteiger partial charge in [0, 0.05) is 18.5 Å². The number of para-hydroxylation sites is 1. The molecule has 0 fully saturated rings. The Bertz CT molecular complexity index is 788. The summed E-state index contributed by atoms with van der Waals surface area (Å²) in [6.45, 7) is 9.28. The van der Waals surface area contributed by atoms with Crippen LogP contribution >= 0.6 is 0 Å². The number of nitrogens with zero attached hydrogens (tertiary/aromatic N) is 2. The molecule has 1 heterocycles. The van der Waals surface area contributed by atoms with Crippen molar-refractivity contribution in [3.63, 3.8) is 0 Å². The van der Waals surface area contributed by atoms with Gasteiger partial charge in [-0.2, -0.15) is 0 Å². The molecule has 2 aromatic rings. The Hall–Kier alpha value is -2.73. The maximum atomic E-state index is 6.13. The molecule has 6 nitrogen and oxygen atoms in total. The third-order valence-electron chi connectivity index (χ3n) is 5.21. The Morgan fingerprint density at radius 2 is 1.93 bits per heavy atom. The van der Waals surface area contributed by atoms with Gasteiger partial charge in [0.25, 0.3) is 0 Å². The quantitative estimate of drug-likeness (QED) is 0.502. The van der Waals surface area contributed by atoms with E-state index in [1.54, 1.807) is 0 Å². The van der Waals surface area contributed by atoms with E-state index in [2.05, 4.69) is 35.1 Å². The Labute approximate surface area is 173 Å². The highest BCUT2D eigenvalue weighted by molar-refractivity contribution is 5.78. The Morgan fingerprint density at radius 1 is 1.17 bits per heavy atom. The molecule has 3 N–H and O–H groups in total. The maximum absolute atomic E-state index is 6.13. The van der Waals surface area contributed by atoms with Crippen LogP contribution in [0.25, 0.3) is 0 Å². The second-order valence-electron chi connectivity index (χ2n) is 7.09. The van der Waals surface area contributed by atoms with Crippen LogP contribution in [-0.2, 0) is 6.54 Å². The number of ether oxygens (including phenoxy) is 2. The van der Waals surface area contributed by atoms with Crippen LogP contribution in [0.1, 0.15) is 37.4 Å².